The van der Waals surface area contributed by atoms with Crippen LogP contribution in [0.25, 0.3) is 10.8 Å². The summed E-state index contributed by atoms with van der Waals surface area (Å²) in [6, 6.07) is 13.8. The van der Waals surface area contributed by atoms with E-state index < -0.39 is 41.6 Å². The number of anilines is 1. The van der Waals surface area contributed by atoms with Crippen molar-refractivity contribution in [1.82, 2.24) is 0 Å². The number of ether oxygens (including phenoxy) is 1. The zero-order chi connectivity index (χ0) is 18.7. The van der Waals surface area contributed by atoms with E-state index in [4.69, 9.17) is 4.74 Å². The van der Waals surface area contributed by atoms with Crippen molar-refractivity contribution in [3.8, 4) is 0 Å². The van der Waals surface area contributed by atoms with Crippen molar-refractivity contribution < 1.29 is 27.5 Å². The standard InChI is InChI=1S/C19H12F3NO3/c20-14-7-8-15(18(22)17(14)21)23-16(24)10-26-19(25)13-6-5-11-3-1-2-4-12(11)9-13/h1-9H,10H2,(H,23,24). The van der Waals surface area contributed by atoms with Crippen molar-refractivity contribution in [3.05, 3.63) is 77.6 Å². The Bertz CT molecular complexity index is 1000. The number of amides is 1. The van der Waals surface area contributed by atoms with Gasteiger partial charge in [-0.05, 0) is 35.0 Å². The van der Waals surface area contributed by atoms with Crippen molar-refractivity contribution >= 4 is 28.3 Å². The van der Waals surface area contributed by atoms with Crippen LogP contribution < -0.4 is 5.32 Å². The van der Waals surface area contributed by atoms with Gasteiger partial charge in [0.05, 0.1) is 11.3 Å². The van der Waals surface area contributed by atoms with Gasteiger partial charge < -0.3 is 10.1 Å². The Morgan fingerprint density at radius 3 is 2.38 bits per heavy atom. The molecule has 0 heterocycles. The van der Waals surface area contributed by atoms with Gasteiger partial charge >= 0.3 is 5.97 Å². The number of esters is 1. The molecule has 0 aliphatic carbocycles. The molecular formula is C19H12F3NO3. The second-order valence-electron chi connectivity index (χ2n) is 5.41. The highest BCUT2D eigenvalue weighted by Crippen LogP contribution is 2.20. The molecular weight excluding hydrogens is 347 g/mol. The lowest BCUT2D eigenvalue weighted by molar-refractivity contribution is -0.119. The molecule has 1 amide bonds. The Hall–Kier alpha value is -3.35. The predicted octanol–water partition coefficient (Wildman–Crippen LogP) is 4.05. The molecule has 0 fully saturated rings. The summed E-state index contributed by atoms with van der Waals surface area (Å²) >= 11 is 0. The smallest absolute Gasteiger partial charge is 0.338 e. The fourth-order valence-corrected chi connectivity index (χ4v) is 2.34. The van der Waals surface area contributed by atoms with Gasteiger partial charge in [-0.3, -0.25) is 4.79 Å². The Labute approximate surface area is 146 Å². The van der Waals surface area contributed by atoms with Crippen LogP contribution in [0.5, 0.6) is 0 Å². The van der Waals surface area contributed by atoms with Gasteiger partial charge in [0.15, 0.2) is 24.1 Å². The van der Waals surface area contributed by atoms with Crippen LogP contribution in [0.1, 0.15) is 10.4 Å². The minimum atomic E-state index is -1.70. The van der Waals surface area contributed by atoms with E-state index in [1.165, 1.54) is 0 Å². The molecule has 3 aromatic rings. The Kier molecular flexibility index (Phi) is 4.88. The van der Waals surface area contributed by atoms with Gasteiger partial charge in [-0.1, -0.05) is 30.3 Å². The number of carbonyl (C=O) groups is 2. The highest BCUT2D eigenvalue weighted by atomic mass is 19.2. The van der Waals surface area contributed by atoms with E-state index in [2.05, 4.69) is 0 Å². The molecule has 1 N–H and O–H groups in total. The Morgan fingerprint density at radius 2 is 1.62 bits per heavy atom. The van der Waals surface area contributed by atoms with E-state index in [0.717, 1.165) is 16.8 Å². The third-order valence-corrected chi connectivity index (χ3v) is 3.63. The highest BCUT2D eigenvalue weighted by Gasteiger charge is 2.16. The summed E-state index contributed by atoms with van der Waals surface area (Å²) in [5.74, 6) is -6.22. The Balaban J connectivity index is 1.63. The van der Waals surface area contributed by atoms with Crippen LogP contribution in [0.4, 0.5) is 18.9 Å². The largest absolute Gasteiger partial charge is 0.452 e. The first-order chi connectivity index (χ1) is 12.5. The van der Waals surface area contributed by atoms with Crippen LogP contribution >= 0.6 is 0 Å². The molecule has 0 saturated carbocycles. The van der Waals surface area contributed by atoms with Gasteiger partial charge in [-0.15, -0.1) is 0 Å². The van der Waals surface area contributed by atoms with E-state index in [9.17, 15) is 22.8 Å². The molecule has 0 unspecified atom stereocenters. The molecule has 26 heavy (non-hydrogen) atoms. The van der Waals surface area contributed by atoms with Crippen LogP contribution in [0.15, 0.2) is 54.6 Å². The molecule has 132 valence electrons. The number of hydrogen-bond donors (Lipinski definition) is 1. The maximum Gasteiger partial charge on any atom is 0.338 e. The van der Waals surface area contributed by atoms with Gasteiger partial charge in [-0.2, -0.15) is 0 Å². The topological polar surface area (TPSA) is 55.4 Å². The first kappa shape index (κ1) is 17.5. The first-order valence-corrected chi connectivity index (χ1v) is 7.55. The van der Waals surface area contributed by atoms with Crippen molar-refractivity contribution in [1.29, 1.82) is 0 Å². The van der Waals surface area contributed by atoms with Crippen molar-refractivity contribution in [3.63, 3.8) is 0 Å². The van der Waals surface area contributed by atoms with Crippen LogP contribution in [-0.2, 0) is 9.53 Å². The summed E-state index contributed by atoms with van der Waals surface area (Å²) in [7, 11) is 0. The van der Waals surface area contributed by atoms with Gasteiger partial charge in [-0.25, -0.2) is 18.0 Å². The number of rotatable bonds is 4. The number of benzene rings is 3. The molecule has 0 bridgehead atoms. The minimum Gasteiger partial charge on any atom is -0.452 e. The molecule has 0 radical (unpaired) electrons. The average Bonchev–Trinajstić information content (AvgIpc) is 2.66. The average molecular weight is 359 g/mol. The zero-order valence-corrected chi connectivity index (χ0v) is 13.3. The van der Waals surface area contributed by atoms with Gasteiger partial charge in [0.1, 0.15) is 0 Å². The van der Waals surface area contributed by atoms with Crippen LogP contribution in [0, 0.1) is 17.5 Å². The van der Waals surface area contributed by atoms with Crippen molar-refractivity contribution in [2.45, 2.75) is 0 Å². The molecule has 0 spiro atoms. The normalized spacial score (nSPS) is 10.6. The monoisotopic (exact) mass is 359 g/mol. The molecule has 0 aromatic heterocycles. The summed E-state index contributed by atoms with van der Waals surface area (Å²) in [5.41, 5.74) is -0.300. The third kappa shape index (κ3) is 3.66. The molecule has 0 atom stereocenters. The maximum absolute atomic E-state index is 13.5. The van der Waals surface area contributed by atoms with E-state index in [1.54, 1.807) is 18.2 Å². The first-order valence-electron chi connectivity index (χ1n) is 7.55. The predicted molar refractivity (Wildman–Crippen MR) is 89.2 cm³/mol. The minimum absolute atomic E-state index is 0.246. The number of nitrogens with one attached hydrogen (secondary N) is 1. The van der Waals surface area contributed by atoms with E-state index in [-0.39, 0.29) is 5.56 Å². The van der Waals surface area contributed by atoms with Crippen molar-refractivity contribution in [2.75, 3.05) is 11.9 Å². The van der Waals surface area contributed by atoms with Gasteiger partial charge in [0.25, 0.3) is 5.91 Å². The van der Waals surface area contributed by atoms with Crippen LogP contribution in [0.2, 0.25) is 0 Å². The van der Waals surface area contributed by atoms with E-state index in [0.29, 0.717) is 6.07 Å². The number of carbonyl (C=O) groups excluding carboxylic acids is 2. The van der Waals surface area contributed by atoms with Crippen LogP contribution in [0.3, 0.4) is 0 Å². The summed E-state index contributed by atoms with van der Waals surface area (Å²) in [4.78, 5) is 23.8. The van der Waals surface area contributed by atoms with E-state index >= 15 is 0 Å². The quantitative estimate of drug-likeness (QED) is 0.565. The molecule has 0 aliphatic heterocycles. The van der Waals surface area contributed by atoms with Crippen molar-refractivity contribution in [2.24, 2.45) is 0 Å². The summed E-state index contributed by atoms with van der Waals surface area (Å²) in [6.45, 7) is -0.704. The fraction of sp³-hybridized carbons (Fsp3) is 0.0526. The molecule has 0 aliphatic rings. The molecule has 0 saturated heterocycles. The second kappa shape index (κ2) is 7.26. The molecule has 4 nitrogen and oxygen atoms in total. The number of hydrogen-bond acceptors (Lipinski definition) is 3. The highest BCUT2D eigenvalue weighted by molar-refractivity contribution is 5.98. The van der Waals surface area contributed by atoms with E-state index in [1.807, 2.05) is 29.6 Å². The summed E-state index contributed by atoms with van der Waals surface area (Å²) < 4.78 is 44.3. The number of halogens is 3. The lowest BCUT2D eigenvalue weighted by atomic mass is 10.1. The third-order valence-electron chi connectivity index (χ3n) is 3.63. The maximum atomic E-state index is 13.5. The molecule has 3 aromatic carbocycles. The van der Waals surface area contributed by atoms with Gasteiger partial charge in [0, 0.05) is 0 Å². The second-order valence-corrected chi connectivity index (χ2v) is 5.41. The van der Waals surface area contributed by atoms with Gasteiger partial charge in [0.2, 0.25) is 0 Å². The SMILES string of the molecule is O=C(COC(=O)c1ccc2ccccc2c1)Nc1ccc(F)c(F)c1F. The molecule has 7 heteroatoms. The fourth-order valence-electron chi connectivity index (χ4n) is 2.34. The van der Waals surface area contributed by atoms with Crippen LogP contribution in [-0.4, -0.2) is 18.5 Å². The lowest BCUT2D eigenvalue weighted by Crippen LogP contribution is -2.21. The number of fused-ring (bicyclic) bond motifs is 1. The lowest BCUT2D eigenvalue weighted by Gasteiger charge is -2.08. The Morgan fingerprint density at radius 1 is 0.885 bits per heavy atom. The summed E-state index contributed by atoms with van der Waals surface area (Å²) in [5, 5.41) is 3.79. The molecule has 3 rings (SSSR count). The zero-order valence-electron chi connectivity index (χ0n) is 13.3. The summed E-state index contributed by atoms with van der Waals surface area (Å²) in [6.07, 6.45) is 0.